The number of β-amino-alcohol motifs (C(OH)–C–C–N with tert-alkyl or cyclic N) is 1. The van der Waals surface area contributed by atoms with Crippen LogP contribution in [0.4, 0.5) is 13.2 Å². The van der Waals surface area contributed by atoms with Crippen LogP contribution in [0.3, 0.4) is 0 Å². The van der Waals surface area contributed by atoms with E-state index in [-0.39, 0.29) is 12.1 Å². The van der Waals surface area contributed by atoms with Gasteiger partial charge in [0.1, 0.15) is 0 Å². The van der Waals surface area contributed by atoms with Crippen LogP contribution in [-0.4, -0.2) is 60.7 Å². The van der Waals surface area contributed by atoms with Gasteiger partial charge in [0.15, 0.2) is 0 Å². The van der Waals surface area contributed by atoms with E-state index in [1.807, 2.05) is 44.2 Å². The molecule has 0 aliphatic rings. The average molecular weight is 517 g/mol. The van der Waals surface area contributed by atoms with Gasteiger partial charge < -0.3 is 15.5 Å². The van der Waals surface area contributed by atoms with Crippen LogP contribution >= 0.6 is 0 Å². The van der Waals surface area contributed by atoms with Gasteiger partial charge in [-0.1, -0.05) is 30.3 Å². The van der Waals surface area contributed by atoms with E-state index in [4.69, 9.17) is 5.11 Å². The van der Waals surface area contributed by atoms with Gasteiger partial charge in [-0.2, -0.15) is 17.5 Å². The summed E-state index contributed by atoms with van der Waals surface area (Å²) in [7, 11) is -3.37. The molecule has 35 heavy (non-hydrogen) atoms. The molecule has 2 rings (SSSR count). The molecule has 0 aliphatic heterocycles. The lowest BCUT2D eigenvalue weighted by atomic mass is 9.95. The van der Waals surface area contributed by atoms with Gasteiger partial charge in [-0.05, 0) is 56.9 Å². The predicted molar refractivity (Wildman–Crippen MR) is 126 cm³/mol. The third-order valence-corrected chi connectivity index (χ3v) is 7.38. The second-order valence-electron chi connectivity index (χ2n) is 9.09. The highest BCUT2D eigenvalue weighted by Gasteiger charge is 2.34. The monoisotopic (exact) mass is 516 g/mol. The number of halogens is 3. The number of rotatable bonds is 12. The van der Waals surface area contributed by atoms with Crippen LogP contribution < -0.4 is 5.32 Å². The van der Waals surface area contributed by atoms with Crippen LogP contribution in [0, 0.1) is 0 Å². The Morgan fingerprint density at radius 2 is 1.74 bits per heavy atom. The van der Waals surface area contributed by atoms with Gasteiger partial charge in [0, 0.05) is 25.7 Å². The van der Waals surface area contributed by atoms with Crippen molar-refractivity contribution in [2.24, 2.45) is 0 Å². The number of carboxylic acids is 1. The number of aliphatic hydroxyl groups excluding tert-OH is 1. The summed E-state index contributed by atoms with van der Waals surface area (Å²) in [6.45, 7) is 3.58. The predicted octanol–water partition coefficient (Wildman–Crippen LogP) is 3.78. The van der Waals surface area contributed by atoms with Crippen LogP contribution in [0.2, 0.25) is 0 Å². The molecule has 0 bridgehead atoms. The van der Waals surface area contributed by atoms with Crippen molar-refractivity contribution >= 4 is 16.0 Å². The first-order valence-electron chi connectivity index (χ1n) is 11.0. The van der Waals surface area contributed by atoms with E-state index in [0.29, 0.717) is 22.5 Å². The number of nitrogens with zero attached hydrogens (tertiary/aromatic N) is 1. The highest BCUT2D eigenvalue weighted by atomic mass is 32.2. The molecule has 0 unspecified atom stereocenters. The molecule has 0 spiro atoms. The Balaban J connectivity index is 2.00. The number of hydrogen-bond donors (Lipinski definition) is 3. The van der Waals surface area contributed by atoms with Crippen molar-refractivity contribution in [1.29, 1.82) is 0 Å². The van der Waals surface area contributed by atoms with Gasteiger partial charge in [0.25, 0.3) is 0 Å². The molecular weight excluding hydrogens is 485 g/mol. The Bertz CT molecular complexity index is 1110. The second-order valence-corrected chi connectivity index (χ2v) is 11.1. The van der Waals surface area contributed by atoms with E-state index >= 15 is 0 Å². The van der Waals surface area contributed by atoms with E-state index in [1.165, 1.54) is 5.56 Å². The number of carbonyl (C=O) groups is 1. The van der Waals surface area contributed by atoms with Crippen molar-refractivity contribution in [1.82, 2.24) is 9.62 Å². The van der Waals surface area contributed by atoms with Gasteiger partial charge in [0.2, 0.25) is 10.0 Å². The number of nitrogens with one attached hydrogen (secondary N) is 1. The molecule has 11 heteroatoms. The molecule has 2 aromatic rings. The number of hydrogen-bond acceptors (Lipinski definition) is 5. The zero-order chi connectivity index (χ0) is 26.4. The van der Waals surface area contributed by atoms with Gasteiger partial charge in [-0.25, -0.2) is 13.2 Å². The Hall–Kier alpha value is -2.47. The molecule has 3 N–H and O–H groups in total. The third-order valence-electron chi connectivity index (χ3n) is 5.58. The summed E-state index contributed by atoms with van der Waals surface area (Å²) in [5.41, 5.74) is -1.31. The maximum absolute atomic E-state index is 13.2. The van der Waals surface area contributed by atoms with Crippen LogP contribution in [0.5, 0.6) is 0 Å². The molecule has 0 amide bonds. The van der Waals surface area contributed by atoms with Crippen molar-refractivity contribution in [2.75, 3.05) is 20.1 Å². The number of aromatic carboxylic acids is 1. The van der Waals surface area contributed by atoms with Crippen molar-refractivity contribution in [3.05, 3.63) is 65.2 Å². The Labute approximate surface area is 203 Å². The van der Waals surface area contributed by atoms with Crippen LogP contribution in [0.25, 0.3) is 0 Å². The highest BCUT2D eigenvalue weighted by molar-refractivity contribution is 7.89. The van der Waals surface area contributed by atoms with Crippen molar-refractivity contribution in [3.63, 3.8) is 0 Å². The number of benzene rings is 2. The zero-order valence-electron chi connectivity index (χ0n) is 19.8. The molecule has 1 atom stereocenters. The molecule has 0 aromatic heterocycles. The van der Waals surface area contributed by atoms with Crippen molar-refractivity contribution in [2.45, 2.75) is 55.8 Å². The first-order chi connectivity index (χ1) is 16.1. The van der Waals surface area contributed by atoms with Crippen molar-refractivity contribution in [3.8, 4) is 0 Å². The topological polar surface area (TPSA) is 107 Å². The first kappa shape index (κ1) is 28.8. The average Bonchev–Trinajstić information content (AvgIpc) is 2.77. The molecule has 2 aromatic carbocycles. The van der Waals surface area contributed by atoms with Crippen LogP contribution in [0.15, 0.2) is 53.4 Å². The lowest BCUT2D eigenvalue weighted by molar-refractivity contribution is -0.137. The van der Waals surface area contributed by atoms with E-state index in [1.54, 1.807) is 0 Å². The summed E-state index contributed by atoms with van der Waals surface area (Å²) in [4.78, 5) is 10.4. The smallest absolute Gasteiger partial charge is 0.416 e. The number of carboxylic acid groups (broad SMARTS) is 1. The zero-order valence-corrected chi connectivity index (χ0v) is 20.7. The van der Waals surface area contributed by atoms with Crippen LogP contribution in [0.1, 0.15) is 48.2 Å². The Kier molecular flexibility index (Phi) is 9.46. The normalized spacial score (nSPS) is 13.7. The minimum absolute atomic E-state index is 0.0567. The number of alkyl halides is 3. The summed E-state index contributed by atoms with van der Waals surface area (Å²) >= 11 is 0. The van der Waals surface area contributed by atoms with E-state index < -0.39 is 50.8 Å². The Morgan fingerprint density at radius 3 is 2.31 bits per heavy atom. The largest absolute Gasteiger partial charge is 0.478 e. The summed E-state index contributed by atoms with van der Waals surface area (Å²) in [5, 5.41) is 22.7. The molecule has 0 aliphatic carbocycles. The summed E-state index contributed by atoms with van der Waals surface area (Å²) < 4.78 is 65.9. The lowest BCUT2D eigenvalue weighted by Crippen LogP contribution is -2.46. The summed E-state index contributed by atoms with van der Waals surface area (Å²) in [6.07, 6.45) is -3.48. The summed E-state index contributed by atoms with van der Waals surface area (Å²) in [6, 6.07) is 11.4. The number of likely N-dealkylation sites (N-methyl/N-ethyl adjacent to an activating group) is 1. The maximum atomic E-state index is 13.2. The molecule has 7 nitrogen and oxygen atoms in total. The number of aryl methyl sites for hydroxylation is 1. The molecular formula is C24H31F3N2O5S. The molecule has 0 radical (unpaired) electrons. The molecule has 0 saturated heterocycles. The minimum Gasteiger partial charge on any atom is -0.478 e. The van der Waals surface area contributed by atoms with E-state index in [2.05, 4.69) is 5.32 Å². The van der Waals surface area contributed by atoms with Crippen molar-refractivity contribution < 1.29 is 36.6 Å². The van der Waals surface area contributed by atoms with Crippen LogP contribution in [-0.2, 0) is 22.6 Å². The fourth-order valence-corrected chi connectivity index (χ4v) is 4.82. The SMILES string of the molecule is CN(C[C@H](O)CNC(C)(C)CCCc1ccccc1)S(=O)(=O)c1cc(C(=O)O)cc(C(F)(F)F)c1. The molecule has 194 valence electrons. The fourth-order valence-electron chi connectivity index (χ4n) is 3.54. The Morgan fingerprint density at radius 1 is 1.11 bits per heavy atom. The highest BCUT2D eigenvalue weighted by Crippen LogP contribution is 2.32. The van der Waals surface area contributed by atoms with E-state index in [0.717, 1.165) is 26.3 Å². The van der Waals surface area contributed by atoms with E-state index in [9.17, 15) is 31.5 Å². The minimum atomic E-state index is -4.93. The van der Waals surface area contributed by atoms with Gasteiger partial charge in [0.05, 0.1) is 22.1 Å². The fraction of sp³-hybridized carbons (Fsp3) is 0.458. The van der Waals surface area contributed by atoms with Gasteiger partial charge in [-0.3, -0.25) is 0 Å². The number of sulfonamides is 1. The third kappa shape index (κ3) is 8.60. The summed E-state index contributed by atoms with van der Waals surface area (Å²) in [5.74, 6) is -1.69. The quantitative estimate of drug-likeness (QED) is 0.397. The lowest BCUT2D eigenvalue weighted by Gasteiger charge is -2.29. The number of aliphatic hydroxyl groups is 1. The standard InChI is InChI=1S/C24H31F3N2O5S/c1-23(2,11-7-10-17-8-5-4-6-9-17)28-15-20(30)16-29(3)35(33,34)21-13-18(22(31)32)12-19(14-21)24(25,26)27/h4-6,8-9,12-14,20,28,30H,7,10-11,15-16H2,1-3H3,(H,31,32)/t20-/m1/s1. The maximum Gasteiger partial charge on any atom is 0.416 e. The van der Waals surface area contributed by atoms with Gasteiger partial charge in [-0.15, -0.1) is 0 Å². The molecule has 0 fully saturated rings. The molecule has 0 saturated carbocycles. The second kappa shape index (κ2) is 11.5. The first-order valence-corrected chi connectivity index (χ1v) is 12.4. The molecule has 0 heterocycles. The van der Waals surface area contributed by atoms with Gasteiger partial charge >= 0.3 is 12.1 Å².